The van der Waals surface area contributed by atoms with Crippen LogP contribution in [-0.4, -0.2) is 43.1 Å². The summed E-state index contributed by atoms with van der Waals surface area (Å²) in [5, 5.41) is 11.1. The summed E-state index contributed by atoms with van der Waals surface area (Å²) < 4.78 is 39.2. The van der Waals surface area contributed by atoms with Gasteiger partial charge in [0.1, 0.15) is 13.2 Å². The average molecular weight is 243 g/mol. The van der Waals surface area contributed by atoms with Crippen molar-refractivity contribution >= 4 is 5.91 Å². The second kappa shape index (κ2) is 7.45. The van der Waals surface area contributed by atoms with Crippen molar-refractivity contribution in [1.82, 2.24) is 5.32 Å². The highest BCUT2D eigenvalue weighted by molar-refractivity contribution is 5.77. The number of halogens is 3. The SMILES string of the molecule is CCC(CCO)NC(=O)COCC(F)(F)F. The molecule has 1 amide bonds. The number of hydrogen-bond donors (Lipinski definition) is 2. The quantitative estimate of drug-likeness (QED) is 0.696. The maximum Gasteiger partial charge on any atom is 0.411 e. The highest BCUT2D eigenvalue weighted by Crippen LogP contribution is 2.14. The molecule has 0 spiro atoms. The van der Waals surface area contributed by atoms with Gasteiger partial charge in [-0.1, -0.05) is 6.92 Å². The second-order valence-electron chi connectivity index (χ2n) is 3.29. The Balaban J connectivity index is 3.72. The van der Waals surface area contributed by atoms with Gasteiger partial charge in [0, 0.05) is 12.6 Å². The number of ether oxygens (including phenoxy) is 1. The van der Waals surface area contributed by atoms with Gasteiger partial charge in [0.05, 0.1) is 0 Å². The summed E-state index contributed by atoms with van der Waals surface area (Å²) in [4.78, 5) is 11.1. The molecule has 0 fully saturated rings. The van der Waals surface area contributed by atoms with Crippen molar-refractivity contribution in [1.29, 1.82) is 0 Å². The van der Waals surface area contributed by atoms with Crippen LogP contribution in [0.15, 0.2) is 0 Å². The Morgan fingerprint density at radius 2 is 2.12 bits per heavy atom. The van der Waals surface area contributed by atoms with Gasteiger partial charge in [-0.05, 0) is 12.8 Å². The molecule has 7 heteroatoms. The van der Waals surface area contributed by atoms with Crippen molar-refractivity contribution in [3.8, 4) is 0 Å². The third-order valence-corrected chi connectivity index (χ3v) is 1.83. The third-order valence-electron chi connectivity index (χ3n) is 1.83. The number of aliphatic hydroxyl groups excluding tert-OH is 1. The van der Waals surface area contributed by atoms with Crippen molar-refractivity contribution in [3.05, 3.63) is 0 Å². The van der Waals surface area contributed by atoms with Gasteiger partial charge in [-0.15, -0.1) is 0 Å². The summed E-state index contributed by atoms with van der Waals surface area (Å²) in [6.45, 7) is -0.335. The van der Waals surface area contributed by atoms with Gasteiger partial charge >= 0.3 is 6.18 Å². The molecule has 0 radical (unpaired) electrons. The number of aliphatic hydroxyl groups is 1. The van der Waals surface area contributed by atoms with Crippen molar-refractivity contribution in [2.24, 2.45) is 0 Å². The Morgan fingerprint density at radius 3 is 2.56 bits per heavy atom. The van der Waals surface area contributed by atoms with Crippen molar-refractivity contribution in [2.45, 2.75) is 32.0 Å². The van der Waals surface area contributed by atoms with E-state index in [1.807, 2.05) is 0 Å². The predicted molar refractivity (Wildman–Crippen MR) is 50.8 cm³/mol. The van der Waals surface area contributed by atoms with E-state index in [9.17, 15) is 18.0 Å². The Labute approximate surface area is 91.8 Å². The molecule has 0 aromatic rings. The third kappa shape index (κ3) is 8.49. The molecule has 0 aliphatic carbocycles. The highest BCUT2D eigenvalue weighted by atomic mass is 19.4. The van der Waals surface area contributed by atoms with Gasteiger partial charge in [0.25, 0.3) is 0 Å². The lowest BCUT2D eigenvalue weighted by atomic mass is 10.1. The average Bonchev–Trinajstić information content (AvgIpc) is 2.15. The molecule has 0 aromatic carbocycles. The molecule has 96 valence electrons. The Kier molecular flexibility index (Phi) is 7.07. The van der Waals surface area contributed by atoms with E-state index in [0.717, 1.165) is 0 Å². The first kappa shape index (κ1) is 15.2. The molecule has 4 nitrogen and oxygen atoms in total. The van der Waals surface area contributed by atoms with Gasteiger partial charge in [-0.2, -0.15) is 13.2 Å². The monoisotopic (exact) mass is 243 g/mol. The van der Waals surface area contributed by atoms with Gasteiger partial charge in [0.2, 0.25) is 5.91 Å². The van der Waals surface area contributed by atoms with Crippen LogP contribution in [0.3, 0.4) is 0 Å². The first-order valence-electron chi connectivity index (χ1n) is 4.93. The van der Waals surface area contributed by atoms with Crippen molar-refractivity contribution in [2.75, 3.05) is 19.8 Å². The van der Waals surface area contributed by atoms with Crippen molar-refractivity contribution in [3.63, 3.8) is 0 Å². The number of amides is 1. The van der Waals surface area contributed by atoms with E-state index in [1.165, 1.54) is 0 Å². The lowest BCUT2D eigenvalue weighted by Gasteiger charge is -2.15. The summed E-state index contributed by atoms with van der Waals surface area (Å²) in [6, 6.07) is -0.230. The van der Waals surface area contributed by atoms with Crippen LogP contribution in [0.1, 0.15) is 19.8 Å². The fourth-order valence-corrected chi connectivity index (χ4v) is 1.06. The highest BCUT2D eigenvalue weighted by Gasteiger charge is 2.27. The van der Waals surface area contributed by atoms with Crippen LogP contribution in [0.5, 0.6) is 0 Å². The van der Waals surface area contributed by atoms with Gasteiger partial charge in [0.15, 0.2) is 0 Å². The first-order valence-corrected chi connectivity index (χ1v) is 4.93. The molecule has 0 aromatic heterocycles. The standard InChI is InChI=1S/C9H16F3NO3/c1-2-7(3-4-14)13-8(15)5-16-6-9(10,11)12/h7,14H,2-6H2,1H3,(H,13,15). The molecular weight excluding hydrogens is 227 g/mol. The minimum atomic E-state index is -4.42. The molecule has 1 atom stereocenters. The van der Waals surface area contributed by atoms with E-state index in [4.69, 9.17) is 5.11 Å². The predicted octanol–water partition coefficient (Wildman–Crippen LogP) is 0.843. The second-order valence-corrected chi connectivity index (χ2v) is 3.29. The minimum Gasteiger partial charge on any atom is -0.396 e. The smallest absolute Gasteiger partial charge is 0.396 e. The van der Waals surface area contributed by atoms with Crippen LogP contribution in [0.25, 0.3) is 0 Å². The molecule has 0 aliphatic rings. The number of alkyl halides is 3. The molecule has 1 unspecified atom stereocenters. The van der Waals surface area contributed by atoms with Crippen LogP contribution in [0, 0.1) is 0 Å². The van der Waals surface area contributed by atoms with Gasteiger partial charge < -0.3 is 15.2 Å². The number of hydrogen-bond acceptors (Lipinski definition) is 3. The van der Waals surface area contributed by atoms with E-state index in [2.05, 4.69) is 10.1 Å². The lowest BCUT2D eigenvalue weighted by molar-refractivity contribution is -0.175. The first-order chi connectivity index (χ1) is 7.39. The Bertz CT molecular complexity index is 209. The normalized spacial score (nSPS) is 13.6. The summed E-state index contributed by atoms with van der Waals surface area (Å²) >= 11 is 0. The van der Waals surface area contributed by atoms with Gasteiger partial charge in [-0.25, -0.2) is 0 Å². The van der Waals surface area contributed by atoms with Crippen LogP contribution >= 0.6 is 0 Å². The van der Waals surface area contributed by atoms with Crippen LogP contribution in [0.2, 0.25) is 0 Å². The van der Waals surface area contributed by atoms with E-state index in [1.54, 1.807) is 6.92 Å². The molecule has 0 heterocycles. The summed E-state index contributed by atoms with van der Waals surface area (Å²) in [5.74, 6) is -0.607. The molecule has 2 N–H and O–H groups in total. The number of carbonyl (C=O) groups is 1. The minimum absolute atomic E-state index is 0.0812. The fourth-order valence-electron chi connectivity index (χ4n) is 1.06. The van der Waals surface area contributed by atoms with Gasteiger partial charge in [-0.3, -0.25) is 4.79 Å². The summed E-state index contributed by atoms with van der Waals surface area (Å²) in [7, 11) is 0. The maximum absolute atomic E-state index is 11.7. The zero-order valence-corrected chi connectivity index (χ0v) is 9.01. The molecule has 16 heavy (non-hydrogen) atoms. The van der Waals surface area contributed by atoms with Crippen LogP contribution in [-0.2, 0) is 9.53 Å². The number of carbonyl (C=O) groups excluding carboxylic acids is 1. The molecule has 0 aliphatic heterocycles. The molecule has 0 bridgehead atoms. The Morgan fingerprint density at radius 1 is 1.50 bits per heavy atom. The largest absolute Gasteiger partial charge is 0.411 e. The van der Waals surface area contributed by atoms with Crippen LogP contribution in [0.4, 0.5) is 13.2 Å². The summed E-state index contributed by atoms with van der Waals surface area (Å²) in [5.41, 5.74) is 0. The zero-order valence-electron chi connectivity index (χ0n) is 9.01. The molecule has 0 saturated heterocycles. The molecular formula is C9H16F3NO3. The zero-order chi connectivity index (χ0) is 12.6. The number of nitrogens with one attached hydrogen (secondary N) is 1. The summed E-state index contributed by atoms with van der Waals surface area (Å²) in [6.07, 6.45) is -3.44. The van der Waals surface area contributed by atoms with Crippen molar-refractivity contribution < 1.29 is 27.8 Å². The van der Waals surface area contributed by atoms with Crippen LogP contribution < -0.4 is 5.32 Å². The fraction of sp³-hybridized carbons (Fsp3) is 0.889. The van der Waals surface area contributed by atoms with E-state index in [0.29, 0.717) is 12.8 Å². The van der Waals surface area contributed by atoms with E-state index < -0.39 is 25.3 Å². The maximum atomic E-state index is 11.7. The van der Waals surface area contributed by atoms with E-state index in [-0.39, 0.29) is 12.6 Å². The topological polar surface area (TPSA) is 58.6 Å². The molecule has 0 rings (SSSR count). The molecule has 0 saturated carbocycles. The van der Waals surface area contributed by atoms with E-state index >= 15 is 0 Å². The Hall–Kier alpha value is -0.820. The lowest BCUT2D eigenvalue weighted by Crippen LogP contribution is -2.38. The number of rotatable bonds is 7.